The molecule has 9 heteroatoms. The highest BCUT2D eigenvalue weighted by molar-refractivity contribution is 7.99. The van der Waals surface area contributed by atoms with Crippen LogP contribution in [0.2, 0.25) is 0 Å². The van der Waals surface area contributed by atoms with Gasteiger partial charge in [0, 0.05) is 16.8 Å². The van der Waals surface area contributed by atoms with Crippen LogP contribution in [0.1, 0.15) is 36.5 Å². The van der Waals surface area contributed by atoms with Gasteiger partial charge in [0.25, 0.3) is 11.7 Å². The van der Waals surface area contributed by atoms with Crippen LogP contribution in [0.15, 0.2) is 35.4 Å². The van der Waals surface area contributed by atoms with Crippen molar-refractivity contribution in [3.63, 3.8) is 0 Å². The molecule has 0 bridgehead atoms. The fourth-order valence-electron chi connectivity index (χ4n) is 3.38. The number of hydrogen-bond acceptors (Lipinski definition) is 5. The third-order valence-corrected chi connectivity index (χ3v) is 5.72. The average molecular weight is 395 g/mol. The van der Waals surface area contributed by atoms with Crippen LogP contribution in [-0.2, 0) is 5.54 Å². The van der Waals surface area contributed by atoms with Gasteiger partial charge in [-0.2, -0.15) is 13.9 Å². The van der Waals surface area contributed by atoms with Gasteiger partial charge in [0.05, 0.1) is 5.54 Å². The quantitative estimate of drug-likeness (QED) is 0.625. The number of piperidine rings is 1. The van der Waals surface area contributed by atoms with E-state index in [1.165, 1.54) is 0 Å². The molecule has 0 radical (unpaired) electrons. The number of nitrogens with one attached hydrogen (secondary N) is 2. The first-order valence-corrected chi connectivity index (χ1v) is 9.74. The maximum atomic E-state index is 12.4. The molecule has 0 unspecified atom stereocenters. The standard InChI is InChI=1S/C18H23F2N5OS/c1-2-18(7-9-22-10-8-18)25-11-14(15(21)26)16(24-25)23-12-3-5-13(6-4-12)27-17(19)20/h3-6,11,17,22H,2,7-10H2,1H3,(H2,21,26)(H,23,24). The van der Waals surface area contributed by atoms with E-state index in [2.05, 4.69) is 22.7 Å². The van der Waals surface area contributed by atoms with Crippen molar-refractivity contribution in [1.29, 1.82) is 0 Å². The minimum Gasteiger partial charge on any atom is -0.365 e. The number of hydrogen-bond donors (Lipinski definition) is 3. The van der Waals surface area contributed by atoms with Crippen molar-refractivity contribution in [3.05, 3.63) is 36.0 Å². The summed E-state index contributed by atoms with van der Waals surface area (Å²) in [7, 11) is 0. The number of benzene rings is 1. The monoisotopic (exact) mass is 395 g/mol. The Morgan fingerprint density at radius 3 is 2.59 bits per heavy atom. The molecule has 27 heavy (non-hydrogen) atoms. The van der Waals surface area contributed by atoms with Crippen molar-refractivity contribution in [2.24, 2.45) is 5.73 Å². The second kappa shape index (κ2) is 8.26. The number of halogens is 2. The van der Waals surface area contributed by atoms with Gasteiger partial charge in [-0.05, 0) is 56.6 Å². The minimum absolute atomic E-state index is 0.146. The van der Waals surface area contributed by atoms with Crippen LogP contribution in [-0.4, -0.2) is 34.5 Å². The molecule has 1 aromatic carbocycles. The van der Waals surface area contributed by atoms with Gasteiger partial charge in [-0.1, -0.05) is 18.7 Å². The van der Waals surface area contributed by atoms with E-state index >= 15 is 0 Å². The molecule has 1 aromatic heterocycles. The van der Waals surface area contributed by atoms with Crippen LogP contribution in [0.3, 0.4) is 0 Å². The summed E-state index contributed by atoms with van der Waals surface area (Å²) in [4.78, 5) is 12.4. The Bertz CT molecular complexity index is 788. The van der Waals surface area contributed by atoms with Gasteiger partial charge in [0.15, 0.2) is 5.82 Å². The molecule has 146 valence electrons. The highest BCUT2D eigenvalue weighted by atomic mass is 32.2. The molecule has 1 aliphatic rings. The Labute approximate surface area is 160 Å². The Morgan fingerprint density at radius 2 is 2.04 bits per heavy atom. The van der Waals surface area contributed by atoms with Crippen molar-refractivity contribution >= 4 is 29.2 Å². The van der Waals surface area contributed by atoms with E-state index in [-0.39, 0.29) is 5.54 Å². The molecule has 1 fully saturated rings. The van der Waals surface area contributed by atoms with E-state index in [0.29, 0.717) is 33.7 Å². The van der Waals surface area contributed by atoms with E-state index in [1.807, 2.05) is 4.68 Å². The van der Waals surface area contributed by atoms with Gasteiger partial charge in [0.2, 0.25) is 0 Å². The molecule has 1 amide bonds. The number of aromatic nitrogens is 2. The van der Waals surface area contributed by atoms with Gasteiger partial charge in [-0.3, -0.25) is 9.48 Å². The summed E-state index contributed by atoms with van der Waals surface area (Å²) >= 11 is 0.486. The lowest BCUT2D eigenvalue weighted by atomic mass is 9.86. The second-order valence-corrected chi connectivity index (χ2v) is 7.62. The van der Waals surface area contributed by atoms with E-state index in [4.69, 9.17) is 5.73 Å². The molecular formula is C18H23F2N5OS. The van der Waals surface area contributed by atoms with Crippen molar-refractivity contribution in [1.82, 2.24) is 15.1 Å². The van der Waals surface area contributed by atoms with Gasteiger partial charge in [-0.15, -0.1) is 0 Å². The third kappa shape index (κ3) is 4.41. The molecule has 0 atom stereocenters. The third-order valence-electron chi connectivity index (χ3n) is 5.00. The van der Waals surface area contributed by atoms with Crippen molar-refractivity contribution in [2.75, 3.05) is 18.4 Å². The number of alkyl halides is 2. The van der Waals surface area contributed by atoms with E-state index in [0.717, 1.165) is 32.4 Å². The molecular weight excluding hydrogens is 372 g/mol. The lowest BCUT2D eigenvalue weighted by Gasteiger charge is -2.37. The van der Waals surface area contributed by atoms with Crippen LogP contribution in [0.5, 0.6) is 0 Å². The Balaban J connectivity index is 1.86. The molecule has 1 saturated heterocycles. The highest BCUT2D eigenvalue weighted by Gasteiger charge is 2.34. The van der Waals surface area contributed by atoms with Crippen LogP contribution in [0, 0.1) is 0 Å². The molecule has 1 aliphatic heterocycles. The first-order chi connectivity index (χ1) is 12.9. The smallest absolute Gasteiger partial charge is 0.288 e. The van der Waals surface area contributed by atoms with Crippen LogP contribution >= 0.6 is 11.8 Å². The Hall–Kier alpha value is -2.13. The number of rotatable bonds is 7. The number of carbonyl (C=O) groups is 1. The Kier molecular flexibility index (Phi) is 6.01. The summed E-state index contributed by atoms with van der Waals surface area (Å²) in [6.45, 7) is 3.90. The lowest BCUT2D eigenvalue weighted by molar-refractivity contribution is 0.100. The summed E-state index contributed by atoms with van der Waals surface area (Å²) < 4.78 is 26.7. The zero-order valence-corrected chi connectivity index (χ0v) is 15.9. The second-order valence-electron chi connectivity index (χ2n) is 6.56. The predicted molar refractivity (Wildman–Crippen MR) is 103 cm³/mol. The number of primary amides is 1. The maximum absolute atomic E-state index is 12.4. The van der Waals surface area contributed by atoms with Gasteiger partial charge >= 0.3 is 0 Å². The van der Waals surface area contributed by atoms with Crippen molar-refractivity contribution < 1.29 is 13.6 Å². The summed E-state index contributed by atoms with van der Waals surface area (Å²) in [5.74, 6) is -2.65. The maximum Gasteiger partial charge on any atom is 0.288 e. The molecule has 2 aromatic rings. The molecule has 0 spiro atoms. The average Bonchev–Trinajstić information content (AvgIpc) is 3.08. The molecule has 3 rings (SSSR count). The SMILES string of the molecule is CCC1(n2cc(C(N)=O)c(Nc3ccc(SC(F)F)cc3)n2)CCNCC1. The normalized spacial score (nSPS) is 16.4. The summed E-state index contributed by atoms with van der Waals surface area (Å²) in [5.41, 5.74) is 6.36. The first kappa shape index (κ1) is 19.6. The highest BCUT2D eigenvalue weighted by Crippen LogP contribution is 2.33. The van der Waals surface area contributed by atoms with Crippen molar-refractivity contribution in [3.8, 4) is 0 Å². The largest absolute Gasteiger partial charge is 0.365 e. The van der Waals surface area contributed by atoms with Gasteiger partial charge in [0.1, 0.15) is 5.56 Å². The van der Waals surface area contributed by atoms with E-state index in [1.54, 1.807) is 30.5 Å². The number of thioether (sulfide) groups is 1. The van der Waals surface area contributed by atoms with Crippen molar-refractivity contribution in [2.45, 2.75) is 42.4 Å². The first-order valence-electron chi connectivity index (χ1n) is 8.86. The number of nitrogens with zero attached hydrogens (tertiary/aromatic N) is 2. The summed E-state index contributed by atoms with van der Waals surface area (Å²) in [6, 6.07) is 6.55. The van der Waals surface area contributed by atoms with Crippen LogP contribution in [0.4, 0.5) is 20.3 Å². The molecule has 4 N–H and O–H groups in total. The topological polar surface area (TPSA) is 85.0 Å². The molecule has 0 saturated carbocycles. The molecule has 6 nitrogen and oxygen atoms in total. The lowest BCUT2D eigenvalue weighted by Crippen LogP contribution is -2.44. The molecule has 2 heterocycles. The molecule has 0 aliphatic carbocycles. The number of nitrogens with two attached hydrogens (primary N) is 1. The number of amides is 1. The zero-order chi connectivity index (χ0) is 19.4. The number of anilines is 2. The van der Waals surface area contributed by atoms with Gasteiger partial charge in [-0.25, -0.2) is 0 Å². The van der Waals surface area contributed by atoms with Crippen LogP contribution in [0.25, 0.3) is 0 Å². The van der Waals surface area contributed by atoms with E-state index < -0.39 is 11.7 Å². The zero-order valence-electron chi connectivity index (χ0n) is 15.0. The fraction of sp³-hybridized carbons (Fsp3) is 0.444. The summed E-state index contributed by atoms with van der Waals surface area (Å²) in [6.07, 6.45) is 4.44. The number of carbonyl (C=O) groups excluding carboxylic acids is 1. The Morgan fingerprint density at radius 1 is 1.37 bits per heavy atom. The predicted octanol–water partition coefficient (Wildman–Crippen LogP) is 3.53. The minimum atomic E-state index is -2.46. The summed E-state index contributed by atoms with van der Waals surface area (Å²) in [5, 5.41) is 11.0. The van der Waals surface area contributed by atoms with E-state index in [9.17, 15) is 13.6 Å². The van der Waals surface area contributed by atoms with Crippen LogP contribution < -0.4 is 16.4 Å². The fourth-order valence-corrected chi connectivity index (χ4v) is 3.88. The van der Waals surface area contributed by atoms with Gasteiger partial charge < -0.3 is 16.4 Å².